The molecule has 1 aliphatic rings. The first-order valence-electron chi connectivity index (χ1n) is 7.67. The molecule has 0 aromatic carbocycles. The van der Waals surface area contributed by atoms with Crippen LogP contribution >= 0.6 is 0 Å². The summed E-state index contributed by atoms with van der Waals surface area (Å²) in [5, 5.41) is 0. The van der Waals surface area contributed by atoms with Crippen molar-refractivity contribution in [1.29, 1.82) is 0 Å². The fourth-order valence-corrected chi connectivity index (χ4v) is 2.90. The molecule has 0 amide bonds. The van der Waals surface area contributed by atoms with Gasteiger partial charge in [-0.1, -0.05) is 13.8 Å². The van der Waals surface area contributed by atoms with Crippen molar-refractivity contribution < 1.29 is 13.8 Å². The van der Waals surface area contributed by atoms with Crippen LogP contribution in [0, 0.1) is 5.92 Å². The van der Waals surface area contributed by atoms with E-state index >= 15 is 0 Å². The lowest BCUT2D eigenvalue weighted by atomic mass is 9.96. The Morgan fingerprint density at radius 1 is 1.26 bits per heavy atom. The van der Waals surface area contributed by atoms with Crippen molar-refractivity contribution in [2.24, 2.45) is 10.9 Å². The van der Waals surface area contributed by atoms with Crippen LogP contribution in [0.2, 0.25) is 0 Å². The Hall–Kier alpha value is -2.31. The van der Waals surface area contributed by atoms with E-state index in [2.05, 4.69) is 4.99 Å². The van der Waals surface area contributed by atoms with E-state index in [1.165, 1.54) is 16.1 Å². The van der Waals surface area contributed by atoms with Gasteiger partial charge in [-0.05, 0) is 49.0 Å². The fraction of sp³-hybridized carbons (Fsp3) is 0.375. The van der Waals surface area contributed by atoms with E-state index < -0.39 is 13.3 Å². The number of hydrogen-bond donors (Lipinski definition) is 0. The average molecular weight is 315 g/mol. The van der Waals surface area contributed by atoms with Crippen LogP contribution in [0.3, 0.4) is 0 Å². The highest BCUT2D eigenvalue weighted by Crippen LogP contribution is 2.23. The van der Waals surface area contributed by atoms with Crippen LogP contribution in [0.15, 0.2) is 41.7 Å². The number of aromatic nitrogens is 2. The SMILES string of the molecule is COC(=O)C(CC(C)C)N=C1c2cccn2B(F)n2cccc21. The second-order valence-corrected chi connectivity index (χ2v) is 6.06. The number of aliphatic imine (C=N–C) groups is 1. The summed E-state index contributed by atoms with van der Waals surface area (Å²) < 4.78 is 22.5. The van der Waals surface area contributed by atoms with Gasteiger partial charge in [0.15, 0.2) is 0 Å². The quantitative estimate of drug-likeness (QED) is 0.642. The predicted molar refractivity (Wildman–Crippen MR) is 87.4 cm³/mol. The van der Waals surface area contributed by atoms with Crippen molar-refractivity contribution in [3.05, 3.63) is 48.0 Å². The van der Waals surface area contributed by atoms with Crippen molar-refractivity contribution in [2.45, 2.75) is 26.3 Å². The first-order chi connectivity index (χ1) is 11.0. The van der Waals surface area contributed by atoms with E-state index in [-0.39, 0.29) is 5.97 Å². The van der Waals surface area contributed by atoms with E-state index in [0.29, 0.717) is 29.4 Å². The number of carbonyl (C=O) groups excluding carboxylic acids is 1. The molecule has 3 rings (SSSR count). The molecule has 5 nitrogen and oxygen atoms in total. The molecule has 0 fully saturated rings. The summed E-state index contributed by atoms with van der Waals surface area (Å²) in [4.78, 5) is 16.7. The Morgan fingerprint density at radius 3 is 2.30 bits per heavy atom. The molecule has 1 atom stereocenters. The molecule has 2 aromatic heterocycles. The van der Waals surface area contributed by atoms with Gasteiger partial charge in [-0.2, -0.15) is 0 Å². The molecule has 120 valence electrons. The third-order valence-corrected chi connectivity index (χ3v) is 3.96. The smallest absolute Gasteiger partial charge is 0.467 e. The third-order valence-electron chi connectivity index (χ3n) is 3.96. The maximum absolute atomic E-state index is 14.6. The van der Waals surface area contributed by atoms with E-state index in [9.17, 15) is 9.11 Å². The second kappa shape index (κ2) is 6.06. The Kier molecular flexibility index (Phi) is 4.11. The van der Waals surface area contributed by atoms with Gasteiger partial charge in [0, 0.05) is 0 Å². The summed E-state index contributed by atoms with van der Waals surface area (Å²) in [6.45, 7) is 4.06. The molecule has 7 heteroatoms. The molecule has 1 unspecified atom stereocenters. The summed E-state index contributed by atoms with van der Waals surface area (Å²) in [6.07, 6.45) is 3.93. The first kappa shape index (κ1) is 15.6. The number of carbonyl (C=O) groups is 1. The van der Waals surface area contributed by atoms with Gasteiger partial charge in [0.2, 0.25) is 0 Å². The van der Waals surface area contributed by atoms with Crippen molar-refractivity contribution in [3.63, 3.8) is 0 Å². The first-order valence-corrected chi connectivity index (χ1v) is 7.67. The lowest BCUT2D eigenvalue weighted by molar-refractivity contribution is -0.142. The number of ether oxygens (including phenoxy) is 1. The molecular weight excluding hydrogens is 296 g/mol. The van der Waals surface area contributed by atoms with Crippen LogP contribution in [-0.4, -0.2) is 41.0 Å². The van der Waals surface area contributed by atoms with Crippen LogP contribution in [0.5, 0.6) is 0 Å². The second-order valence-electron chi connectivity index (χ2n) is 6.06. The van der Waals surface area contributed by atoms with E-state index in [1.54, 1.807) is 24.5 Å². The molecule has 1 aliphatic heterocycles. The zero-order chi connectivity index (χ0) is 16.6. The van der Waals surface area contributed by atoms with Crippen molar-refractivity contribution >= 4 is 18.9 Å². The summed E-state index contributed by atoms with van der Waals surface area (Å²) >= 11 is 0. The van der Waals surface area contributed by atoms with E-state index in [0.717, 1.165) is 0 Å². The monoisotopic (exact) mass is 315 g/mol. The lowest BCUT2D eigenvalue weighted by Crippen LogP contribution is -2.39. The highest BCUT2D eigenvalue weighted by atomic mass is 19.1. The molecule has 3 heterocycles. The summed E-state index contributed by atoms with van der Waals surface area (Å²) in [5.41, 5.74) is 1.95. The van der Waals surface area contributed by atoms with Crippen LogP contribution in [0.25, 0.3) is 0 Å². The minimum Gasteiger partial charge on any atom is -0.467 e. The Labute approximate surface area is 134 Å². The van der Waals surface area contributed by atoms with Crippen LogP contribution in [0.1, 0.15) is 31.7 Å². The van der Waals surface area contributed by atoms with Crippen molar-refractivity contribution in [1.82, 2.24) is 8.96 Å². The average Bonchev–Trinajstić information content (AvgIpc) is 3.18. The Bertz CT molecular complexity index is 706. The lowest BCUT2D eigenvalue weighted by Gasteiger charge is -2.23. The van der Waals surface area contributed by atoms with E-state index in [1.807, 2.05) is 26.0 Å². The van der Waals surface area contributed by atoms with Gasteiger partial charge in [-0.25, -0.2) is 4.79 Å². The molecule has 0 radical (unpaired) electrons. The number of rotatable bonds is 4. The zero-order valence-corrected chi connectivity index (χ0v) is 13.4. The molecule has 0 spiro atoms. The third kappa shape index (κ3) is 2.71. The van der Waals surface area contributed by atoms with Crippen molar-refractivity contribution in [2.75, 3.05) is 7.11 Å². The number of esters is 1. The normalized spacial score (nSPS) is 14.5. The summed E-state index contributed by atoms with van der Waals surface area (Å²) in [5.74, 6) is -0.0793. The zero-order valence-electron chi connectivity index (χ0n) is 13.4. The molecule has 0 N–H and O–H groups in total. The fourth-order valence-electron chi connectivity index (χ4n) is 2.90. The molecular formula is C16H19BFN3O2. The standard InChI is InChI=1S/C16H19BFN3O2/c1-11(2)10-12(16(22)23-3)19-15-13-6-4-8-20(13)17(18)21-9-5-7-14(15)21/h4-9,11-12H,10H2,1-3H3. The molecule has 23 heavy (non-hydrogen) atoms. The molecule has 0 bridgehead atoms. The maximum atomic E-state index is 14.6. The van der Waals surface area contributed by atoms with Gasteiger partial charge >= 0.3 is 13.2 Å². The van der Waals surface area contributed by atoms with Gasteiger partial charge < -0.3 is 13.7 Å². The largest absolute Gasteiger partial charge is 0.596 e. The number of fused-ring (bicyclic) bond motifs is 2. The van der Waals surface area contributed by atoms with Crippen LogP contribution in [-0.2, 0) is 9.53 Å². The Balaban J connectivity index is 2.09. The predicted octanol–water partition coefficient (Wildman–Crippen LogP) is 2.38. The Morgan fingerprint density at radius 2 is 1.83 bits per heavy atom. The van der Waals surface area contributed by atoms with Crippen molar-refractivity contribution in [3.8, 4) is 0 Å². The van der Waals surface area contributed by atoms with Gasteiger partial charge in [-0.15, -0.1) is 0 Å². The highest BCUT2D eigenvalue weighted by molar-refractivity contribution is 6.51. The molecule has 0 aliphatic carbocycles. The molecule has 2 aromatic rings. The summed E-state index contributed by atoms with van der Waals surface area (Å²) in [6, 6.07) is 6.58. The van der Waals surface area contributed by atoms with Gasteiger partial charge in [0.05, 0.1) is 18.5 Å². The van der Waals surface area contributed by atoms with Crippen LogP contribution in [0.4, 0.5) is 4.32 Å². The van der Waals surface area contributed by atoms with E-state index in [4.69, 9.17) is 4.74 Å². The van der Waals surface area contributed by atoms with Gasteiger partial charge in [0.1, 0.15) is 11.8 Å². The minimum absolute atomic E-state index is 0.291. The minimum atomic E-state index is -1.30. The number of halogens is 1. The van der Waals surface area contributed by atoms with Gasteiger partial charge in [0.25, 0.3) is 0 Å². The van der Waals surface area contributed by atoms with Gasteiger partial charge in [-0.3, -0.25) is 9.31 Å². The van der Waals surface area contributed by atoms with Crippen LogP contribution < -0.4 is 0 Å². The molecule has 0 saturated carbocycles. The number of hydrogen-bond acceptors (Lipinski definition) is 3. The molecule has 0 saturated heterocycles. The maximum Gasteiger partial charge on any atom is 0.596 e. The highest BCUT2D eigenvalue weighted by Gasteiger charge is 2.34. The topological polar surface area (TPSA) is 48.5 Å². The number of nitrogens with zero attached hydrogens (tertiary/aromatic N) is 3. The summed E-state index contributed by atoms with van der Waals surface area (Å²) in [7, 11) is 0.0605. The number of methoxy groups -OCH3 is 1.